The van der Waals surface area contributed by atoms with Gasteiger partial charge in [0, 0.05) is 0 Å². The Hall–Kier alpha value is -0.487. The van der Waals surface area contributed by atoms with Crippen molar-refractivity contribution in [2.45, 2.75) is 12.8 Å². The monoisotopic (exact) mass is 380 g/mol. The van der Waals surface area contributed by atoms with E-state index in [-0.39, 0.29) is 51.0 Å². The van der Waals surface area contributed by atoms with E-state index >= 15 is 0 Å². The Kier molecular flexibility index (Phi) is 13.4. The number of hydrogen-bond acceptors (Lipinski definition) is 0. The molecule has 1 aliphatic carbocycles. The molecule has 0 aromatic heterocycles. The maximum atomic E-state index is 3.74. The molecule has 0 fully saturated rings. The second kappa shape index (κ2) is 12.3. The van der Waals surface area contributed by atoms with Crippen LogP contribution in [0.15, 0.2) is 67.3 Å². The van der Waals surface area contributed by atoms with E-state index < -0.39 is 0 Å². The molecule has 2 aromatic carbocycles. The van der Waals surface area contributed by atoms with E-state index in [0.29, 0.717) is 0 Å². The Labute approximate surface area is 153 Å². The third-order valence-electron chi connectivity index (χ3n) is 2.72. The van der Waals surface area contributed by atoms with Crippen molar-refractivity contribution < 1.29 is 51.0 Å². The van der Waals surface area contributed by atoms with E-state index in [9.17, 15) is 0 Å². The maximum absolute atomic E-state index is 3.74. The summed E-state index contributed by atoms with van der Waals surface area (Å²) in [5.41, 5.74) is 1.38. The van der Waals surface area contributed by atoms with Crippen LogP contribution in [-0.2, 0) is 32.6 Å². The largest absolute Gasteiger partial charge is 2.00 e. The van der Waals surface area contributed by atoms with E-state index in [1.807, 2.05) is 18.2 Å². The number of halogens is 2. The summed E-state index contributed by atoms with van der Waals surface area (Å²) < 4.78 is 0. The van der Waals surface area contributed by atoms with Crippen molar-refractivity contribution in [1.29, 1.82) is 0 Å². The van der Waals surface area contributed by atoms with Gasteiger partial charge in [0.1, 0.15) is 0 Å². The van der Waals surface area contributed by atoms with E-state index in [1.54, 1.807) is 0 Å². The van der Waals surface area contributed by atoms with Gasteiger partial charge in [-0.15, -0.1) is 53.6 Å². The molecular formula is C17H16Cl2Zr-2. The fourth-order valence-electron chi connectivity index (χ4n) is 1.89. The Bertz CT molecular complexity index is 543. The molecule has 0 nitrogen and oxygen atoms in total. The topological polar surface area (TPSA) is 0 Å². The summed E-state index contributed by atoms with van der Waals surface area (Å²) in [6.45, 7) is 3.74. The van der Waals surface area contributed by atoms with Gasteiger partial charge in [-0.2, -0.15) is 12.1 Å². The number of fused-ring (bicyclic) bond motifs is 1. The first kappa shape index (κ1) is 21.8. The van der Waals surface area contributed by atoms with Crippen LogP contribution in [0.4, 0.5) is 0 Å². The molecule has 2 aromatic rings. The van der Waals surface area contributed by atoms with Gasteiger partial charge in [-0.25, -0.2) is 12.2 Å². The van der Waals surface area contributed by atoms with Gasteiger partial charge in [0.15, 0.2) is 0 Å². The summed E-state index contributed by atoms with van der Waals surface area (Å²) in [6.07, 6.45) is 12.9. The predicted octanol–water partition coefficient (Wildman–Crippen LogP) is -1.40. The Balaban J connectivity index is 0. The number of benzene rings is 1. The van der Waals surface area contributed by atoms with Gasteiger partial charge >= 0.3 is 26.2 Å². The number of allylic oxidation sites excluding steroid dienone is 5. The van der Waals surface area contributed by atoms with Crippen LogP contribution in [-0.4, -0.2) is 0 Å². The summed E-state index contributed by atoms with van der Waals surface area (Å²) >= 11 is 0. The maximum Gasteiger partial charge on any atom is 2.00 e. The van der Waals surface area contributed by atoms with Crippen LogP contribution in [0.3, 0.4) is 0 Å². The van der Waals surface area contributed by atoms with Crippen molar-refractivity contribution in [3.8, 4) is 0 Å². The van der Waals surface area contributed by atoms with Gasteiger partial charge in [0.05, 0.1) is 0 Å². The summed E-state index contributed by atoms with van der Waals surface area (Å²) in [5, 5.41) is 2.69. The Morgan fingerprint density at radius 2 is 1.95 bits per heavy atom. The quantitative estimate of drug-likeness (QED) is 0.443. The van der Waals surface area contributed by atoms with E-state index in [0.717, 1.165) is 12.8 Å². The molecule has 0 bridgehead atoms. The minimum atomic E-state index is 0. The zero-order valence-corrected chi connectivity index (χ0v) is 15.1. The molecule has 3 rings (SSSR count). The fraction of sp³-hybridized carbons (Fsp3) is 0.118. The van der Waals surface area contributed by atoms with Gasteiger partial charge in [0.25, 0.3) is 0 Å². The van der Waals surface area contributed by atoms with Gasteiger partial charge in [-0.1, -0.05) is 12.1 Å². The molecule has 0 atom stereocenters. The van der Waals surface area contributed by atoms with Gasteiger partial charge in [0.2, 0.25) is 0 Å². The van der Waals surface area contributed by atoms with Gasteiger partial charge in [-0.05, 0) is 6.42 Å². The van der Waals surface area contributed by atoms with Crippen LogP contribution in [0.1, 0.15) is 12.0 Å². The molecule has 0 saturated carbocycles. The van der Waals surface area contributed by atoms with Crippen LogP contribution in [0.5, 0.6) is 0 Å². The fourth-order valence-corrected chi connectivity index (χ4v) is 1.89. The van der Waals surface area contributed by atoms with Crippen molar-refractivity contribution in [3.05, 3.63) is 78.9 Å². The third-order valence-corrected chi connectivity index (χ3v) is 2.72. The minimum Gasteiger partial charge on any atom is -1.00 e. The molecule has 0 unspecified atom stereocenters. The zero-order chi connectivity index (χ0) is 11.9. The second-order valence-electron chi connectivity index (χ2n) is 3.94. The average molecular weight is 382 g/mol. The minimum absolute atomic E-state index is 0. The van der Waals surface area contributed by atoms with Crippen LogP contribution in [0, 0.1) is 6.08 Å². The summed E-state index contributed by atoms with van der Waals surface area (Å²) in [6, 6.07) is 12.8. The van der Waals surface area contributed by atoms with Crippen molar-refractivity contribution >= 4 is 10.8 Å². The standard InChI is InChI=1S/C12H11.C5H5.2ClH.Zr/c1-2-5-10-8-9-11-6-3-4-7-12(10)11;1-2-4-5-3-1;;;/h2-4,6-9H,1,5H2;1-3H,4H2;2*1H;/q2*-1;;;+2/p-2. The van der Waals surface area contributed by atoms with Crippen molar-refractivity contribution in [3.63, 3.8) is 0 Å². The molecule has 20 heavy (non-hydrogen) atoms. The van der Waals surface area contributed by atoms with E-state index in [4.69, 9.17) is 0 Å². The Morgan fingerprint density at radius 3 is 2.50 bits per heavy atom. The number of rotatable bonds is 2. The van der Waals surface area contributed by atoms with Crippen LogP contribution in [0.25, 0.3) is 10.8 Å². The van der Waals surface area contributed by atoms with Gasteiger partial charge < -0.3 is 24.8 Å². The van der Waals surface area contributed by atoms with Crippen LogP contribution in [0.2, 0.25) is 0 Å². The third kappa shape index (κ3) is 6.31. The SMILES string of the molecule is C=CC[c-]1ccc2ccccc21.[C-]1=CC=CC1.[Cl-].[Cl-].[Zr+2]. The first-order valence-corrected chi connectivity index (χ1v) is 5.88. The predicted molar refractivity (Wildman–Crippen MR) is 75.0 cm³/mol. The van der Waals surface area contributed by atoms with E-state index in [2.05, 4.69) is 55.1 Å². The first-order chi connectivity index (χ1) is 8.42. The average Bonchev–Trinajstić information content (AvgIpc) is 3.02. The summed E-state index contributed by atoms with van der Waals surface area (Å²) in [4.78, 5) is 0. The smallest absolute Gasteiger partial charge is 1.00 e. The summed E-state index contributed by atoms with van der Waals surface area (Å²) in [7, 11) is 0. The van der Waals surface area contributed by atoms with Crippen LogP contribution < -0.4 is 24.8 Å². The molecule has 0 N–H and O–H groups in total. The Morgan fingerprint density at radius 1 is 1.20 bits per heavy atom. The molecule has 104 valence electrons. The van der Waals surface area contributed by atoms with Crippen molar-refractivity contribution in [2.24, 2.45) is 0 Å². The molecule has 3 heteroatoms. The number of hydrogen-bond donors (Lipinski definition) is 0. The van der Waals surface area contributed by atoms with Gasteiger partial charge in [-0.3, -0.25) is 6.08 Å². The molecule has 0 aliphatic heterocycles. The molecule has 0 heterocycles. The molecule has 0 radical (unpaired) electrons. The molecule has 0 spiro atoms. The normalized spacial score (nSPS) is 10.6. The molecular weight excluding hydrogens is 366 g/mol. The first-order valence-electron chi connectivity index (χ1n) is 5.88. The second-order valence-corrected chi connectivity index (χ2v) is 3.94. The van der Waals surface area contributed by atoms with Crippen molar-refractivity contribution in [2.75, 3.05) is 0 Å². The zero-order valence-electron chi connectivity index (χ0n) is 11.2. The molecule has 0 saturated heterocycles. The molecule has 0 amide bonds. The molecule has 1 aliphatic rings. The summed E-state index contributed by atoms with van der Waals surface area (Å²) in [5.74, 6) is 0. The van der Waals surface area contributed by atoms with E-state index in [1.165, 1.54) is 16.3 Å². The van der Waals surface area contributed by atoms with Crippen LogP contribution >= 0.6 is 0 Å². The van der Waals surface area contributed by atoms with Crippen molar-refractivity contribution in [1.82, 2.24) is 0 Å².